The Morgan fingerprint density at radius 1 is 1.09 bits per heavy atom. The van der Waals surface area contributed by atoms with E-state index in [0.29, 0.717) is 17.1 Å². The maximum absolute atomic E-state index is 12.1. The van der Waals surface area contributed by atoms with Crippen LogP contribution in [0.4, 0.5) is 0 Å². The Hall–Kier alpha value is -2.12. The second-order valence-electron chi connectivity index (χ2n) is 5.29. The lowest BCUT2D eigenvalue weighted by Gasteiger charge is -2.08. The summed E-state index contributed by atoms with van der Waals surface area (Å²) in [4.78, 5) is 12.2. The van der Waals surface area contributed by atoms with Crippen molar-refractivity contribution < 1.29 is 17.6 Å². The minimum atomic E-state index is -3.56. The highest BCUT2D eigenvalue weighted by Crippen LogP contribution is 2.13. The number of carbonyl (C=O) groups excluding carboxylic acids is 1. The SMILES string of the molecule is Cc1ccc(S(=O)(=O)NCCNC(=O)c2cc(C)oc2C)cc1. The first-order valence-electron chi connectivity index (χ1n) is 7.21. The van der Waals surface area contributed by atoms with Crippen molar-refractivity contribution in [1.82, 2.24) is 10.0 Å². The van der Waals surface area contributed by atoms with Crippen LogP contribution < -0.4 is 10.0 Å². The van der Waals surface area contributed by atoms with Gasteiger partial charge in [0.15, 0.2) is 0 Å². The van der Waals surface area contributed by atoms with Gasteiger partial charge in [-0.05, 0) is 39.0 Å². The van der Waals surface area contributed by atoms with Gasteiger partial charge in [0.25, 0.3) is 5.91 Å². The molecular weight excluding hydrogens is 316 g/mol. The molecule has 0 radical (unpaired) electrons. The molecule has 0 spiro atoms. The molecule has 1 amide bonds. The van der Waals surface area contributed by atoms with Gasteiger partial charge in [-0.15, -0.1) is 0 Å². The van der Waals surface area contributed by atoms with Gasteiger partial charge in [0, 0.05) is 13.1 Å². The van der Waals surface area contributed by atoms with Crippen molar-refractivity contribution in [2.75, 3.05) is 13.1 Å². The summed E-state index contributed by atoms with van der Waals surface area (Å²) >= 11 is 0. The first-order chi connectivity index (χ1) is 10.8. The molecule has 0 fully saturated rings. The van der Waals surface area contributed by atoms with Crippen LogP contribution in [0.25, 0.3) is 0 Å². The highest BCUT2D eigenvalue weighted by Gasteiger charge is 2.15. The number of amides is 1. The van der Waals surface area contributed by atoms with E-state index in [0.717, 1.165) is 5.56 Å². The van der Waals surface area contributed by atoms with Crippen LogP contribution in [-0.2, 0) is 10.0 Å². The zero-order valence-corrected chi connectivity index (χ0v) is 14.2. The molecular formula is C16H20N2O4S. The van der Waals surface area contributed by atoms with Crippen molar-refractivity contribution in [3.63, 3.8) is 0 Å². The first kappa shape index (κ1) is 17.2. The van der Waals surface area contributed by atoms with Gasteiger partial charge < -0.3 is 9.73 Å². The molecule has 2 rings (SSSR count). The molecule has 0 aliphatic carbocycles. The van der Waals surface area contributed by atoms with Gasteiger partial charge >= 0.3 is 0 Å². The molecule has 0 aliphatic heterocycles. The van der Waals surface area contributed by atoms with Crippen molar-refractivity contribution >= 4 is 15.9 Å². The number of nitrogens with one attached hydrogen (secondary N) is 2. The average molecular weight is 336 g/mol. The summed E-state index contributed by atoms with van der Waals surface area (Å²) in [5.74, 6) is 0.918. The van der Waals surface area contributed by atoms with Crippen molar-refractivity contribution in [1.29, 1.82) is 0 Å². The molecule has 1 heterocycles. The summed E-state index contributed by atoms with van der Waals surface area (Å²) in [6, 6.07) is 8.23. The number of hydrogen-bond acceptors (Lipinski definition) is 4. The highest BCUT2D eigenvalue weighted by molar-refractivity contribution is 7.89. The van der Waals surface area contributed by atoms with Crippen molar-refractivity contribution in [3.8, 4) is 0 Å². The molecule has 2 N–H and O–H groups in total. The number of aryl methyl sites for hydroxylation is 3. The van der Waals surface area contributed by atoms with E-state index in [1.807, 2.05) is 6.92 Å². The number of benzene rings is 1. The molecule has 23 heavy (non-hydrogen) atoms. The molecule has 0 atom stereocenters. The third kappa shape index (κ3) is 4.43. The van der Waals surface area contributed by atoms with Gasteiger partial charge in [-0.1, -0.05) is 17.7 Å². The molecule has 0 saturated heterocycles. The zero-order chi connectivity index (χ0) is 17.0. The minimum Gasteiger partial charge on any atom is -0.466 e. The van der Waals surface area contributed by atoms with Crippen LogP contribution in [0.5, 0.6) is 0 Å². The molecule has 7 heteroatoms. The van der Waals surface area contributed by atoms with E-state index < -0.39 is 10.0 Å². The van der Waals surface area contributed by atoms with Crippen LogP contribution in [0.1, 0.15) is 27.4 Å². The smallest absolute Gasteiger partial charge is 0.254 e. The van der Waals surface area contributed by atoms with E-state index in [1.165, 1.54) is 0 Å². The molecule has 2 aromatic rings. The summed E-state index contributed by atoms with van der Waals surface area (Å²) < 4.78 is 31.9. The van der Waals surface area contributed by atoms with Gasteiger partial charge in [0.2, 0.25) is 10.0 Å². The number of rotatable bonds is 6. The topological polar surface area (TPSA) is 88.4 Å². The van der Waals surface area contributed by atoms with Crippen LogP contribution >= 0.6 is 0 Å². The van der Waals surface area contributed by atoms with Gasteiger partial charge in [-0.2, -0.15) is 0 Å². The third-order valence-electron chi connectivity index (χ3n) is 3.32. The maximum atomic E-state index is 12.1. The number of furan rings is 1. The van der Waals surface area contributed by atoms with Gasteiger partial charge in [0.05, 0.1) is 10.5 Å². The van der Waals surface area contributed by atoms with E-state index in [1.54, 1.807) is 44.2 Å². The van der Waals surface area contributed by atoms with E-state index in [9.17, 15) is 13.2 Å². The number of hydrogen-bond donors (Lipinski definition) is 2. The predicted molar refractivity (Wildman–Crippen MR) is 86.9 cm³/mol. The van der Waals surface area contributed by atoms with Crippen LogP contribution in [0.2, 0.25) is 0 Å². The lowest BCUT2D eigenvalue weighted by molar-refractivity contribution is 0.0953. The fraction of sp³-hybridized carbons (Fsp3) is 0.312. The highest BCUT2D eigenvalue weighted by atomic mass is 32.2. The van der Waals surface area contributed by atoms with E-state index in [2.05, 4.69) is 10.0 Å². The number of sulfonamides is 1. The fourth-order valence-electron chi connectivity index (χ4n) is 2.11. The Labute approximate surface area is 135 Å². The Balaban J connectivity index is 1.86. The van der Waals surface area contributed by atoms with Crippen molar-refractivity contribution in [2.45, 2.75) is 25.7 Å². The second-order valence-corrected chi connectivity index (χ2v) is 7.06. The lowest BCUT2D eigenvalue weighted by atomic mass is 10.2. The Kier molecular flexibility index (Phi) is 5.23. The molecule has 0 bridgehead atoms. The summed E-state index contributed by atoms with van der Waals surface area (Å²) in [7, 11) is -3.56. The second kappa shape index (κ2) is 6.97. The van der Waals surface area contributed by atoms with Gasteiger partial charge in [0.1, 0.15) is 11.5 Å². The fourth-order valence-corrected chi connectivity index (χ4v) is 3.15. The summed E-state index contributed by atoms with van der Waals surface area (Å²) in [6.07, 6.45) is 0. The largest absolute Gasteiger partial charge is 0.466 e. The Morgan fingerprint density at radius 3 is 2.30 bits per heavy atom. The van der Waals surface area contributed by atoms with Crippen LogP contribution in [-0.4, -0.2) is 27.4 Å². The summed E-state index contributed by atoms with van der Waals surface area (Å²) in [5.41, 5.74) is 1.45. The Morgan fingerprint density at radius 2 is 1.74 bits per heavy atom. The zero-order valence-electron chi connectivity index (χ0n) is 13.3. The van der Waals surface area contributed by atoms with Gasteiger partial charge in [-0.3, -0.25) is 4.79 Å². The lowest BCUT2D eigenvalue weighted by Crippen LogP contribution is -2.34. The normalized spacial score (nSPS) is 11.4. The van der Waals surface area contributed by atoms with Crippen molar-refractivity contribution in [2.24, 2.45) is 0 Å². The van der Waals surface area contributed by atoms with Crippen LogP contribution in [0, 0.1) is 20.8 Å². The minimum absolute atomic E-state index is 0.109. The molecule has 0 aliphatic rings. The average Bonchev–Trinajstić information content (AvgIpc) is 2.83. The third-order valence-corrected chi connectivity index (χ3v) is 4.80. The van der Waals surface area contributed by atoms with E-state index in [4.69, 9.17) is 4.42 Å². The summed E-state index contributed by atoms with van der Waals surface area (Å²) in [6.45, 7) is 5.66. The monoisotopic (exact) mass is 336 g/mol. The van der Waals surface area contributed by atoms with Crippen LogP contribution in [0.15, 0.2) is 39.6 Å². The standard InChI is InChI=1S/C16H20N2O4S/c1-11-4-6-14(7-5-11)23(20,21)18-9-8-17-16(19)15-10-12(2)22-13(15)3/h4-7,10,18H,8-9H2,1-3H3,(H,17,19). The molecule has 0 saturated carbocycles. The van der Waals surface area contributed by atoms with Crippen molar-refractivity contribution in [3.05, 3.63) is 53.0 Å². The quantitative estimate of drug-likeness (QED) is 0.789. The molecule has 0 unspecified atom stereocenters. The van der Waals surface area contributed by atoms with Crippen LogP contribution in [0.3, 0.4) is 0 Å². The number of carbonyl (C=O) groups is 1. The molecule has 6 nitrogen and oxygen atoms in total. The van der Waals surface area contributed by atoms with E-state index >= 15 is 0 Å². The Bertz CT molecular complexity index is 792. The molecule has 1 aromatic heterocycles. The maximum Gasteiger partial charge on any atom is 0.254 e. The molecule has 124 valence electrons. The van der Waals surface area contributed by atoms with Gasteiger partial charge in [-0.25, -0.2) is 13.1 Å². The van der Waals surface area contributed by atoms with E-state index in [-0.39, 0.29) is 23.9 Å². The molecule has 1 aromatic carbocycles. The summed E-state index contributed by atoms with van der Waals surface area (Å²) in [5, 5.41) is 2.66. The first-order valence-corrected chi connectivity index (χ1v) is 8.69. The predicted octanol–water partition coefficient (Wildman–Crippen LogP) is 1.91.